The van der Waals surface area contributed by atoms with Crippen molar-refractivity contribution in [1.82, 2.24) is 24.6 Å². The number of aromatic nitrogens is 5. The lowest BCUT2D eigenvalue weighted by Crippen LogP contribution is -1.99. The SMILES string of the molecule is Cc1cn2c(-c3cn[nH]c3)cnc2c(N)n1. The van der Waals surface area contributed by atoms with Crippen LogP contribution in [-0.4, -0.2) is 24.6 Å². The van der Waals surface area contributed by atoms with Gasteiger partial charge in [-0.15, -0.1) is 0 Å². The lowest BCUT2D eigenvalue weighted by Gasteiger charge is -2.02. The number of nitrogens with zero attached hydrogens (tertiary/aromatic N) is 4. The van der Waals surface area contributed by atoms with E-state index in [-0.39, 0.29) is 0 Å². The quantitative estimate of drug-likeness (QED) is 0.633. The Hall–Kier alpha value is -2.37. The average Bonchev–Trinajstić information content (AvgIpc) is 2.83. The Bertz CT molecular complexity index is 637. The standard InChI is InChI=1S/C10H10N6/c1-6-5-16-8(7-2-13-14-3-7)4-12-10(16)9(11)15-6/h2-5H,1H3,(H2,11,15)(H,13,14). The molecule has 80 valence electrons. The first kappa shape index (κ1) is 8.90. The number of hydrogen-bond acceptors (Lipinski definition) is 4. The van der Waals surface area contributed by atoms with Gasteiger partial charge in [0.1, 0.15) is 0 Å². The van der Waals surface area contributed by atoms with Crippen LogP contribution in [0.4, 0.5) is 5.82 Å². The van der Waals surface area contributed by atoms with Gasteiger partial charge in [0.05, 0.1) is 23.8 Å². The third kappa shape index (κ3) is 1.16. The van der Waals surface area contributed by atoms with E-state index in [4.69, 9.17) is 5.73 Å². The Morgan fingerprint density at radius 2 is 2.25 bits per heavy atom. The number of H-pyrrole nitrogens is 1. The fraction of sp³-hybridized carbons (Fsp3) is 0.100. The van der Waals surface area contributed by atoms with Crippen LogP contribution in [0.15, 0.2) is 24.8 Å². The van der Waals surface area contributed by atoms with E-state index in [0.717, 1.165) is 17.0 Å². The summed E-state index contributed by atoms with van der Waals surface area (Å²) in [6.07, 6.45) is 7.23. The summed E-state index contributed by atoms with van der Waals surface area (Å²) in [4.78, 5) is 8.42. The number of nitrogen functional groups attached to an aromatic ring is 1. The third-order valence-corrected chi connectivity index (χ3v) is 2.43. The maximum absolute atomic E-state index is 5.81. The number of hydrogen-bond donors (Lipinski definition) is 2. The van der Waals surface area contributed by atoms with Crippen LogP contribution in [0.5, 0.6) is 0 Å². The molecule has 16 heavy (non-hydrogen) atoms. The van der Waals surface area contributed by atoms with Crippen LogP contribution in [-0.2, 0) is 0 Å². The molecule has 6 nitrogen and oxygen atoms in total. The minimum atomic E-state index is 0.440. The van der Waals surface area contributed by atoms with E-state index in [1.165, 1.54) is 0 Å². The zero-order valence-corrected chi connectivity index (χ0v) is 8.68. The molecule has 0 aliphatic heterocycles. The highest BCUT2D eigenvalue weighted by Crippen LogP contribution is 2.21. The molecule has 0 aliphatic rings. The molecule has 3 N–H and O–H groups in total. The largest absolute Gasteiger partial charge is 0.381 e. The van der Waals surface area contributed by atoms with E-state index in [1.54, 1.807) is 12.4 Å². The molecule has 0 spiro atoms. The predicted molar refractivity (Wildman–Crippen MR) is 59.7 cm³/mol. The summed E-state index contributed by atoms with van der Waals surface area (Å²) in [6.45, 7) is 1.90. The Labute approximate surface area is 91.1 Å². The van der Waals surface area contributed by atoms with Crippen molar-refractivity contribution in [3.05, 3.63) is 30.5 Å². The summed E-state index contributed by atoms with van der Waals surface area (Å²) >= 11 is 0. The molecule has 3 rings (SSSR count). The van der Waals surface area contributed by atoms with Crippen molar-refractivity contribution in [3.63, 3.8) is 0 Å². The van der Waals surface area contributed by atoms with E-state index in [1.807, 2.05) is 23.7 Å². The summed E-state index contributed by atoms with van der Waals surface area (Å²) in [5.74, 6) is 0.440. The summed E-state index contributed by atoms with van der Waals surface area (Å²) < 4.78 is 1.92. The minimum Gasteiger partial charge on any atom is -0.381 e. The zero-order chi connectivity index (χ0) is 11.1. The number of nitrogens with two attached hydrogens (primary N) is 1. The molecule has 3 aromatic rings. The summed E-state index contributed by atoms with van der Waals surface area (Å²) in [5, 5.41) is 6.69. The van der Waals surface area contributed by atoms with Gasteiger partial charge in [-0.2, -0.15) is 5.10 Å². The van der Waals surface area contributed by atoms with Gasteiger partial charge in [-0.05, 0) is 6.92 Å². The number of rotatable bonds is 1. The molecule has 0 fully saturated rings. The predicted octanol–water partition coefficient (Wildman–Crippen LogP) is 1.01. The number of anilines is 1. The van der Waals surface area contributed by atoms with Crippen molar-refractivity contribution in [2.75, 3.05) is 5.73 Å². The van der Waals surface area contributed by atoms with Crippen LogP contribution in [0.1, 0.15) is 5.69 Å². The maximum Gasteiger partial charge on any atom is 0.180 e. The normalized spacial score (nSPS) is 11.1. The van der Waals surface area contributed by atoms with Crippen molar-refractivity contribution >= 4 is 11.5 Å². The molecule has 0 radical (unpaired) electrons. The van der Waals surface area contributed by atoms with Gasteiger partial charge in [-0.3, -0.25) is 9.50 Å². The number of imidazole rings is 1. The highest BCUT2D eigenvalue weighted by atomic mass is 15.1. The molecule has 3 aromatic heterocycles. The smallest absolute Gasteiger partial charge is 0.180 e. The Balaban J connectivity index is 2.35. The first-order valence-corrected chi connectivity index (χ1v) is 4.85. The van der Waals surface area contributed by atoms with Gasteiger partial charge in [0, 0.05) is 18.0 Å². The minimum absolute atomic E-state index is 0.440. The molecule has 0 saturated carbocycles. The number of aryl methyl sites for hydroxylation is 1. The fourth-order valence-electron chi connectivity index (χ4n) is 1.74. The van der Waals surface area contributed by atoms with Gasteiger partial charge in [-0.25, -0.2) is 9.97 Å². The van der Waals surface area contributed by atoms with Crippen LogP contribution >= 0.6 is 0 Å². The molecule has 6 heteroatoms. The van der Waals surface area contributed by atoms with Gasteiger partial charge in [-0.1, -0.05) is 0 Å². The number of fused-ring (bicyclic) bond motifs is 1. The second kappa shape index (κ2) is 3.06. The van der Waals surface area contributed by atoms with Crippen LogP contribution in [0.2, 0.25) is 0 Å². The van der Waals surface area contributed by atoms with Gasteiger partial charge >= 0.3 is 0 Å². The number of nitrogens with one attached hydrogen (secondary N) is 1. The van der Waals surface area contributed by atoms with E-state index >= 15 is 0 Å². The van der Waals surface area contributed by atoms with Gasteiger partial charge in [0.2, 0.25) is 0 Å². The third-order valence-electron chi connectivity index (χ3n) is 2.43. The molecule has 3 heterocycles. The van der Waals surface area contributed by atoms with E-state index in [0.29, 0.717) is 11.5 Å². The first-order chi connectivity index (χ1) is 7.75. The molecule has 0 atom stereocenters. The molecule has 0 saturated heterocycles. The molecule has 0 aromatic carbocycles. The van der Waals surface area contributed by atoms with E-state index in [9.17, 15) is 0 Å². The monoisotopic (exact) mass is 214 g/mol. The van der Waals surface area contributed by atoms with Crippen LogP contribution in [0.3, 0.4) is 0 Å². The van der Waals surface area contributed by atoms with Gasteiger partial charge < -0.3 is 5.73 Å². The topological polar surface area (TPSA) is 84.9 Å². The van der Waals surface area contributed by atoms with E-state index in [2.05, 4.69) is 20.2 Å². The molecule has 0 unspecified atom stereocenters. The van der Waals surface area contributed by atoms with Crippen LogP contribution < -0.4 is 5.73 Å². The summed E-state index contributed by atoms with van der Waals surface area (Å²) in [7, 11) is 0. The van der Waals surface area contributed by atoms with Crippen molar-refractivity contribution in [2.45, 2.75) is 6.92 Å². The lowest BCUT2D eigenvalue weighted by atomic mass is 10.3. The molecular weight excluding hydrogens is 204 g/mol. The average molecular weight is 214 g/mol. The second-order valence-electron chi connectivity index (χ2n) is 3.59. The van der Waals surface area contributed by atoms with Crippen molar-refractivity contribution in [2.24, 2.45) is 0 Å². The summed E-state index contributed by atoms with van der Waals surface area (Å²) in [6, 6.07) is 0. The van der Waals surface area contributed by atoms with Gasteiger partial charge in [0.15, 0.2) is 11.5 Å². The van der Waals surface area contributed by atoms with Crippen molar-refractivity contribution < 1.29 is 0 Å². The molecule has 0 bridgehead atoms. The Morgan fingerprint density at radius 3 is 3.00 bits per heavy atom. The van der Waals surface area contributed by atoms with Crippen LogP contribution in [0, 0.1) is 6.92 Å². The highest BCUT2D eigenvalue weighted by molar-refractivity contribution is 5.68. The Kier molecular flexibility index (Phi) is 1.70. The molecule has 0 aliphatic carbocycles. The summed E-state index contributed by atoms with van der Waals surface area (Å²) in [5.41, 5.74) is 9.24. The Morgan fingerprint density at radius 1 is 1.38 bits per heavy atom. The highest BCUT2D eigenvalue weighted by Gasteiger charge is 2.09. The maximum atomic E-state index is 5.81. The first-order valence-electron chi connectivity index (χ1n) is 4.85. The van der Waals surface area contributed by atoms with Crippen molar-refractivity contribution in [3.8, 4) is 11.3 Å². The second-order valence-corrected chi connectivity index (χ2v) is 3.59. The number of aromatic amines is 1. The van der Waals surface area contributed by atoms with Crippen molar-refractivity contribution in [1.29, 1.82) is 0 Å². The van der Waals surface area contributed by atoms with Gasteiger partial charge in [0.25, 0.3) is 0 Å². The fourth-order valence-corrected chi connectivity index (χ4v) is 1.74. The lowest BCUT2D eigenvalue weighted by molar-refractivity contribution is 1.08. The molecular formula is C10H10N6. The zero-order valence-electron chi connectivity index (χ0n) is 8.68. The molecule has 0 amide bonds. The van der Waals surface area contributed by atoms with E-state index < -0.39 is 0 Å². The van der Waals surface area contributed by atoms with Crippen LogP contribution in [0.25, 0.3) is 16.9 Å².